The standard InChI is InChI=1S/C16H14ClN3/c1-20(2)12-7-5-6-11(10-12)16-18-14-9-4-3-8-13(14)15(17)19-16/h3-10H,1-2H3. The molecule has 0 aliphatic rings. The van der Waals surface area contributed by atoms with Gasteiger partial charge < -0.3 is 4.90 Å². The molecule has 0 spiro atoms. The van der Waals surface area contributed by atoms with Gasteiger partial charge in [0.2, 0.25) is 0 Å². The van der Waals surface area contributed by atoms with Gasteiger partial charge in [-0.3, -0.25) is 0 Å². The summed E-state index contributed by atoms with van der Waals surface area (Å²) in [5, 5.41) is 1.36. The minimum Gasteiger partial charge on any atom is -0.378 e. The van der Waals surface area contributed by atoms with Gasteiger partial charge in [-0.15, -0.1) is 0 Å². The average molecular weight is 284 g/mol. The first-order valence-corrected chi connectivity index (χ1v) is 6.73. The Bertz CT molecular complexity index is 769. The number of nitrogens with zero attached hydrogens (tertiary/aromatic N) is 3. The van der Waals surface area contributed by atoms with Crippen LogP contribution >= 0.6 is 11.6 Å². The van der Waals surface area contributed by atoms with Crippen LogP contribution in [0.1, 0.15) is 0 Å². The lowest BCUT2D eigenvalue weighted by Gasteiger charge is -2.13. The molecule has 1 heterocycles. The quantitative estimate of drug-likeness (QED) is 0.665. The van der Waals surface area contributed by atoms with Gasteiger partial charge in [-0.2, -0.15) is 0 Å². The number of para-hydroxylation sites is 1. The zero-order valence-corrected chi connectivity index (χ0v) is 12.1. The topological polar surface area (TPSA) is 29.0 Å². The Morgan fingerprint density at radius 3 is 2.55 bits per heavy atom. The van der Waals surface area contributed by atoms with E-state index in [1.807, 2.05) is 61.5 Å². The molecule has 3 aromatic rings. The molecule has 0 bridgehead atoms. The average Bonchev–Trinajstić information content (AvgIpc) is 2.47. The van der Waals surface area contributed by atoms with Crippen LogP contribution in [0.5, 0.6) is 0 Å². The highest BCUT2D eigenvalue weighted by Gasteiger charge is 2.08. The summed E-state index contributed by atoms with van der Waals surface area (Å²) < 4.78 is 0. The molecule has 3 rings (SSSR count). The van der Waals surface area contributed by atoms with Crippen molar-refractivity contribution in [2.45, 2.75) is 0 Å². The molecule has 0 saturated heterocycles. The predicted octanol–water partition coefficient (Wildman–Crippen LogP) is 4.02. The van der Waals surface area contributed by atoms with Crippen molar-refractivity contribution in [2.24, 2.45) is 0 Å². The number of halogens is 1. The monoisotopic (exact) mass is 283 g/mol. The van der Waals surface area contributed by atoms with Crippen LogP contribution in [-0.4, -0.2) is 24.1 Å². The van der Waals surface area contributed by atoms with E-state index in [9.17, 15) is 0 Å². The Balaban J connectivity index is 2.17. The Kier molecular flexibility index (Phi) is 3.28. The number of hydrogen-bond acceptors (Lipinski definition) is 3. The molecule has 20 heavy (non-hydrogen) atoms. The van der Waals surface area contributed by atoms with Gasteiger partial charge >= 0.3 is 0 Å². The Morgan fingerprint density at radius 2 is 1.75 bits per heavy atom. The van der Waals surface area contributed by atoms with E-state index in [1.54, 1.807) is 0 Å². The van der Waals surface area contributed by atoms with Crippen molar-refractivity contribution < 1.29 is 0 Å². The fourth-order valence-corrected chi connectivity index (χ4v) is 2.33. The number of fused-ring (bicyclic) bond motifs is 1. The van der Waals surface area contributed by atoms with Gasteiger partial charge in [-0.25, -0.2) is 9.97 Å². The summed E-state index contributed by atoms with van der Waals surface area (Å²) in [5.41, 5.74) is 2.93. The van der Waals surface area contributed by atoms with Crippen LogP contribution < -0.4 is 4.90 Å². The van der Waals surface area contributed by atoms with E-state index in [4.69, 9.17) is 11.6 Å². The zero-order valence-electron chi connectivity index (χ0n) is 11.3. The second-order valence-electron chi connectivity index (χ2n) is 4.80. The summed E-state index contributed by atoms with van der Waals surface area (Å²) in [6.45, 7) is 0. The zero-order chi connectivity index (χ0) is 14.1. The maximum Gasteiger partial charge on any atom is 0.161 e. The molecule has 1 aromatic heterocycles. The molecule has 0 radical (unpaired) electrons. The summed E-state index contributed by atoms with van der Waals surface area (Å²) in [4.78, 5) is 11.0. The molecule has 2 aromatic carbocycles. The van der Waals surface area contributed by atoms with E-state index in [1.165, 1.54) is 0 Å². The minimum atomic E-state index is 0.487. The van der Waals surface area contributed by atoms with Gasteiger partial charge in [0.05, 0.1) is 5.52 Å². The number of benzene rings is 2. The molecule has 3 nitrogen and oxygen atoms in total. The largest absolute Gasteiger partial charge is 0.378 e. The molecule has 0 atom stereocenters. The minimum absolute atomic E-state index is 0.487. The Morgan fingerprint density at radius 1 is 0.950 bits per heavy atom. The molecule has 0 unspecified atom stereocenters. The van der Waals surface area contributed by atoms with Crippen molar-refractivity contribution in [2.75, 3.05) is 19.0 Å². The fourth-order valence-electron chi connectivity index (χ4n) is 2.09. The summed E-state index contributed by atoms with van der Waals surface area (Å²) in [6.07, 6.45) is 0. The number of anilines is 1. The molecule has 0 saturated carbocycles. The van der Waals surface area contributed by atoms with Crippen molar-refractivity contribution in [3.63, 3.8) is 0 Å². The van der Waals surface area contributed by atoms with Gasteiger partial charge in [-0.05, 0) is 24.3 Å². The van der Waals surface area contributed by atoms with Gasteiger partial charge in [0.15, 0.2) is 5.82 Å². The summed E-state index contributed by atoms with van der Waals surface area (Å²) >= 11 is 6.25. The van der Waals surface area contributed by atoms with E-state index in [0.717, 1.165) is 22.2 Å². The maximum atomic E-state index is 6.25. The normalized spacial score (nSPS) is 10.8. The predicted molar refractivity (Wildman–Crippen MR) is 84.3 cm³/mol. The number of aromatic nitrogens is 2. The number of hydrogen-bond donors (Lipinski definition) is 0. The smallest absolute Gasteiger partial charge is 0.161 e. The van der Waals surface area contributed by atoms with E-state index < -0.39 is 0 Å². The molecule has 100 valence electrons. The Labute approximate surface area is 122 Å². The SMILES string of the molecule is CN(C)c1cccc(-c2nc(Cl)c3ccccc3n2)c1. The third kappa shape index (κ3) is 2.32. The molecular formula is C16H14ClN3. The summed E-state index contributed by atoms with van der Waals surface area (Å²) in [7, 11) is 4.01. The fraction of sp³-hybridized carbons (Fsp3) is 0.125. The Hall–Kier alpha value is -2.13. The van der Waals surface area contributed by atoms with E-state index in [2.05, 4.69) is 16.0 Å². The molecule has 0 N–H and O–H groups in total. The molecule has 0 aliphatic carbocycles. The number of rotatable bonds is 2. The highest BCUT2D eigenvalue weighted by molar-refractivity contribution is 6.34. The molecule has 0 fully saturated rings. The van der Waals surface area contributed by atoms with Crippen molar-refractivity contribution in [1.29, 1.82) is 0 Å². The first kappa shape index (κ1) is 12.9. The van der Waals surface area contributed by atoms with Gasteiger partial charge in [0.1, 0.15) is 5.15 Å². The van der Waals surface area contributed by atoms with Crippen LogP contribution in [0, 0.1) is 0 Å². The molecule has 0 aliphatic heterocycles. The molecule has 0 amide bonds. The summed E-state index contributed by atoms with van der Waals surface area (Å²) in [6, 6.07) is 15.9. The van der Waals surface area contributed by atoms with E-state index >= 15 is 0 Å². The first-order chi connectivity index (χ1) is 9.65. The second-order valence-corrected chi connectivity index (χ2v) is 5.16. The van der Waals surface area contributed by atoms with E-state index in [-0.39, 0.29) is 0 Å². The van der Waals surface area contributed by atoms with Crippen molar-refractivity contribution >= 4 is 28.2 Å². The van der Waals surface area contributed by atoms with Gasteiger partial charge in [-0.1, -0.05) is 35.9 Å². The van der Waals surface area contributed by atoms with E-state index in [0.29, 0.717) is 11.0 Å². The van der Waals surface area contributed by atoms with Crippen LogP contribution in [0.15, 0.2) is 48.5 Å². The van der Waals surface area contributed by atoms with Crippen molar-refractivity contribution in [3.8, 4) is 11.4 Å². The lowest BCUT2D eigenvalue weighted by molar-refractivity contribution is 1.13. The van der Waals surface area contributed by atoms with Crippen LogP contribution in [0.3, 0.4) is 0 Å². The van der Waals surface area contributed by atoms with Gasteiger partial charge in [0.25, 0.3) is 0 Å². The highest BCUT2D eigenvalue weighted by Crippen LogP contribution is 2.26. The third-order valence-corrected chi connectivity index (χ3v) is 3.47. The lowest BCUT2D eigenvalue weighted by atomic mass is 10.1. The maximum absolute atomic E-state index is 6.25. The van der Waals surface area contributed by atoms with Crippen LogP contribution in [0.2, 0.25) is 5.15 Å². The van der Waals surface area contributed by atoms with Crippen molar-refractivity contribution in [1.82, 2.24) is 9.97 Å². The van der Waals surface area contributed by atoms with Crippen molar-refractivity contribution in [3.05, 3.63) is 53.7 Å². The molecule has 4 heteroatoms. The second kappa shape index (κ2) is 5.10. The highest BCUT2D eigenvalue weighted by atomic mass is 35.5. The van der Waals surface area contributed by atoms with Crippen LogP contribution in [-0.2, 0) is 0 Å². The molecular weight excluding hydrogens is 270 g/mol. The van der Waals surface area contributed by atoms with Crippen LogP contribution in [0.25, 0.3) is 22.3 Å². The summed E-state index contributed by atoms with van der Waals surface area (Å²) in [5.74, 6) is 0.650. The first-order valence-electron chi connectivity index (χ1n) is 6.35. The third-order valence-electron chi connectivity index (χ3n) is 3.18. The lowest BCUT2D eigenvalue weighted by Crippen LogP contribution is -2.08. The van der Waals surface area contributed by atoms with Gasteiger partial charge in [0, 0.05) is 30.7 Å². The van der Waals surface area contributed by atoms with Crippen LogP contribution in [0.4, 0.5) is 5.69 Å².